The molecule has 1 atom stereocenters. The standard InChI is InChI=1S/C20H21ClN2O4S/c1-11(24)17-3-4-18(28-17)13-7-14-8-15(27-20(14)16(21)9-13)10-23-19(26)5-6-22-12(2)25/h3-4,7,9,15H,5-6,8,10H2,1-2H3,(H,22,25)(H,23,26). The Morgan fingerprint density at radius 3 is 2.68 bits per heavy atom. The number of fused-ring (bicyclic) bond motifs is 1. The molecule has 2 heterocycles. The number of ketones is 1. The fourth-order valence-corrected chi connectivity index (χ4v) is 4.17. The van der Waals surface area contributed by atoms with Crippen LogP contribution in [0.25, 0.3) is 10.4 Å². The van der Waals surface area contributed by atoms with E-state index in [1.165, 1.54) is 18.3 Å². The van der Waals surface area contributed by atoms with Crippen LogP contribution in [0.5, 0.6) is 5.75 Å². The van der Waals surface area contributed by atoms with E-state index in [1.54, 1.807) is 6.92 Å². The number of carbonyl (C=O) groups is 3. The molecule has 2 N–H and O–H groups in total. The predicted molar refractivity (Wildman–Crippen MR) is 109 cm³/mol. The van der Waals surface area contributed by atoms with Crippen LogP contribution < -0.4 is 15.4 Å². The summed E-state index contributed by atoms with van der Waals surface area (Å²) in [5.41, 5.74) is 1.93. The van der Waals surface area contributed by atoms with Gasteiger partial charge in [-0.15, -0.1) is 11.3 Å². The summed E-state index contributed by atoms with van der Waals surface area (Å²) < 4.78 is 5.90. The lowest BCUT2D eigenvalue weighted by molar-refractivity contribution is -0.121. The topological polar surface area (TPSA) is 84.5 Å². The van der Waals surface area contributed by atoms with Crippen molar-refractivity contribution >= 4 is 40.5 Å². The summed E-state index contributed by atoms with van der Waals surface area (Å²) in [4.78, 5) is 35.9. The normalized spacial score (nSPS) is 14.9. The number of benzene rings is 1. The lowest BCUT2D eigenvalue weighted by Gasteiger charge is -2.12. The highest BCUT2D eigenvalue weighted by molar-refractivity contribution is 7.17. The first-order valence-electron chi connectivity index (χ1n) is 8.95. The highest BCUT2D eigenvalue weighted by atomic mass is 35.5. The summed E-state index contributed by atoms with van der Waals surface area (Å²) in [6, 6.07) is 7.60. The first-order valence-corrected chi connectivity index (χ1v) is 10.1. The second kappa shape index (κ2) is 8.75. The number of ether oxygens (including phenoxy) is 1. The molecule has 1 aliphatic heterocycles. The van der Waals surface area contributed by atoms with E-state index in [2.05, 4.69) is 10.6 Å². The molecule has 8 heteroatoms. The molecule has 6 nitrogen and oxygen atoms in total. The van der Waals surface area contributed by atoms with Crippen LogP contribution in [-0.2, 0) is 16.0 Å². The Hall–Kier alpha value is -2.38. The van der Waals surface area contributed by atoms with Gasteiger partial charge in [0.05, 0.1) is 16.4 Å². The number of halogens is 1. The summed E-state index contributed by atoms with van der Waals surface area (Å²) in [6.07, 6.45) is 0.671. The van der Waals surface area contributed by atoms with E-state index in [4.69, 9.17) is 16.3 Å². The Kier molecular flexibility index (Phi) is 6.36. The van der Waals surface area contributed by atoms with Crippen molar-refractivity contribution in [2.45, 2.75) is 32.8 Å². The number of nitrogens with one attached hydrogen (secondary N) is 2. The molecular formula is C20H21ClN2O4S. The summed E-state index contributed by atoms with van der Waals surface area (Å²) in [6.45, 7) is 3.64. The zero-order valence-electron chi connectivity index (χ0n) is 15.6. The zero-order valence-corrected chi connectivity index (χ0v) is 17.2. The van der Waals surface area contributed by atoms with Crippen LogP contribution in [0.15, 0.2) is 24.3 Å². The second-order valence-electron chi connectivity index (χ2n) is 6.65. The Balaban J connectivity index is 1.61. The lowest BCUT2D eigenvalue weighted by atomic mass is 10.1. The third kappa shape index (κ3) is 4.91. The molecule has 1 unspecified atom stereocenters. The molecule has 1 aliphatic rings. The van der Waals surface area contributed by atoms with E-state index >= 15 is 0 Å². The maximum Gasteiger partial charge on any atom is 0.221 e. The highest BCUT2D eigenvalue weighted by Crippen LogP contribution is 2.41. The first-order chi connectivity index (χ1) is 13.3. The molecular weight excluding hydrogens is 400 g/mol. The van der Waals surface area contributed by atoms with Gasteiger partial charge in [0.2, 0.25) is 11.8 Å². The highest BCUT2D eigenvalue weighted by Gasteiger charge is 2.26. The van der Waals surface area contributed by atoms with Gasteiger partial charge in [-0.1, -0.05) is 11.6 Å². The molecule has 1 aromatic heterocycles. The van der Waals surface area contributed by atoms with Gasteiger partial charge in [-0.05, 0) is 36.8 Å². The zero-order chi connectivity index (χ0) is 20.3. The monoisotopic (exact) mass is 420 g/mol. The maximum absolute atomic E-state index is 11.8. The summed E-state index contributed by atoms with van der Waals surface area (Å²) >= 11 is 7.84. The van der Waals surface area contributed by atoms with Gasteiger partial charge in [0, 0.05) is 36.8 Å². The molecule has 0 fully saturated rings. The average molecular weight is 421 g/mol. The van der Waals surface area contributed by atoms with E-state index in [0.29, 0.717) is 35.2 Å². The van der Waals surface area contributed by atoms with Crippen LogP contribution in [0.2, 0.25) is 5.02 Å². The molecule has 0 saturated heterocycles. The molecule has 3 rings (SSSR count). The number of amides is 2. The number of rotatable bonds is 7. The van der Waals surface area contributed by atoms with Crippen molar-refractivity contribution in [3.8, 4) is 16.2 Å². The maximum atomic E-state index is 11.8. The van der Waals surface area contributed by atoms with E-state index in [1.807, 2.05) is 24.3 Å². The van der Waals surface area contributed by atoms with Crippen LogP contribution in [0.1, 0.15) is 35.5 Å². The van der Waals surface area contributed by atoms with Crippen molar-refractivity contribution in [2.75, 3.05) is 13.1 Å². The number of carbonyl (C=O) groups excluding carboxylic acids is 3. The quantitative estimate of drug-likeness (QED) is 0.673. The minimum absolute atomic E-state index is 0.0427. The van der Waals surface area contributed by atoms with Gasteiger partial charge in [-0.2, -0.15) is 0 Å². The molecule has 2 aromatic rings. The molecule has 148 valence electrons. The van der Waals surface area contributed by atoms with Crippen molar-refractivity contribution in [3.05, 3.63) is 39.7 Å². The first kappa shape index (κ1) is 20.4. The second-order valence-corrected chi connectivity index (χ2v) is 8.14. The minimum Gasteiger partial charge on any atom is -0.486 e. The van der Waals surface area contributed by atoms with Gasteiger partial charge < -0.3 is 15.4 Å². The van der Waals surface area contributed by atoms with Crippen molar-refractivity contribution < 1.29 is 19.1 Å². The minimum atomic E-state index is -0.191. The van der Waals surface area contributed by atoms with E-state index in [0.717, 1.165) is 16.0 Å². The molecule has 28 heavy (non-hydrogen) atoms. The molecule has 0 spiro atoms. The van der Waals surface area contributed by atoms with Gasteiger partial charge in [0.1, 0.15) is 11.9 Å². The molecule has 0 saturated carbocycles. The van der Waals surface area contributed by atoms with Crippen LogP contribution >= 0.6 is 22.9 Å². The van der Waals surface area contributed by atoms with Gasteiger partial charge in [-0.25, -0.2) is 0 Å². The van der Waals surface area contributed by atoms with Gasteiger partial charge in [-0.3, -0.25) is 14.4 Å². The fourth-order valence-electron chi connectivity index (χ4n) is 2.99. The van der Waals surface area contributed by atoms with E-state index < -0.39 is 0 Å². The van der Waals surface area contributed by atoms with Gasteiger partial charge >= 0.3 is 0 Å². The van der Waals surface area contributed by atoms with Crippen LogP contribution in [0, 0.1) is 0 Å². The van der Waals surface area contributed by atoms with Crippen molar-refractivity contribution in [2.24, 2.45) is 0 Å². The molecule has 0 aliphatic carbocycles. The predicted octanol–water partition coefficient (Wildman–Crippen LogP) is 3.22. The largest absolute Gasteiger partial charge is 0.486 e. The summed E-state index contributed by atoms with van der Waals surface area (Å²) in [5.74, 6) is 0.386. The van der Waals surface area contributed by atoms with E-state index in [9.17, 15) is 14.4 Å². The summed E-state index contributed by atoms with van der Waals surface area (Å²) in [7, 11) is 0. The molecule has 0 radical (unpaired) electrons. The van der Waals surface area contributed by atoms with Gasteiger partial charge in [0.15, 0.2) is 5.78 Å². The van der Waals surface area contributed by atoms with Crippen LogP contribution in [0.4, 0.5) is 0 Å². The number of thiophene rings is 1. The molecule has 0 bridgehead atoms. The Labute approximate surface area is 172 Å². The van der Waals surface area contributed by atoms with Crippen molar-refractivity contribution in [1.82, 2.24) is 10.6 Å². The Morgan fingerprint density at radius 2 is 2.00 bits per heavy atom. The summed E-state index contributed by atoms with van der Waals surface area (Å²) in [5, 5.41) is 5.93. The molecule has 1 aromatic carbocycles. The van der Waals surface area contributed by atoms with Crippen molar-refractivity contribution in [3.63, 3.8) is 0 Å². The Morgan fingerprint density at radius 1 is 1.21 bits per heavy atom. The van der Waals surface area contributed by atoms with Crippen LogP contribution in [0.3, 0.4) is 0 Å². The van der Waals surface area contributed by atoms with Crippen molar-refractivity contribution in [1.29, 1.82) is 0 Å². The fraction of sp³-hybridized carbons (Fsp3) is 0.350. The average Bonchev–Trinajstić information content (AvgIpc) is 3.27. The number of hydrogen-bond donors (Lipinski definition) is 2. The van der Waals surface area contributed by atoms with Gasteiger partial charge in [0.25, 0.3) is 0 Å². The SMILES string of the molecule is CC(=O)NCCC(=O)NCC1Cc2cc(-c3ccc(C(C)=O)s3)cc(Cl)c2O1. The third-order valence-electron chi connectivity index (χ3n) is 4.34. The van der Waals surface area contributed by atoms with Crippen LogP contribution in [-0.4, -0.2) is 36.8 Å². The van der Waals surface area contributed by atoms with E-state index in [-0.39, 0.29) is 30.1 Å². The lowest BCUT2D eigenvalue weighted by Crippen LogP contribution is -2.36. The molecule has 2 amide bonds. The third-order valence-corrected chi connectivity index (χ3v) is 5.86. The smallest absolute Gasteiger partial charge is 0.221 e. The number of Topliss-reactive ketones (excluding diaryl/α,β-unsaturated/α-hetero) is 1. The Bertz CT molecular complexity index is 925. The number of hydrogen-bond acceptors (Lipinski definition) is 5.